The molecule has 1 unspecified atom stereocenters. The van der Waals surface area contributed by atoms with Crippen molar-refractivity contribution in [1.29, 1.82) is 0 Å². The number of anilines is 1. The summed E-state index contributed by atoms with van der Waals surface area (Å²) in [6, 6.07) is 14.8. The molecule has 1 atom stereocenters. The predicted molar refractivity (Wildman–Crippen MR) is 112 cm³/mol. The van der Waals surface area contributed by atoms with Crippen molar-refractivity contribution in [1.82, 2.24) is 10.2 Å². The minimum Gasteiger partial charge on any atom is -0.383 e. The number of hydrogen-bond acceptors (Lipinski definition) is 5. The number of likely N-dealkylation sites (N-methyl/N-ethyl adjacent to an activating group) is 1. The van der Waals surface area contributed by atoms with Crippen LogP contribution in [-0.2, 0) is 6.42 Å². The summed E-state index contributed by atoms with van der Waals surface area (Å²) in [6.45, 7) is 6.43. The van der Waals surface area contributed by atoms with Gasteiger partial charge >= 0.3 is 0 Å². The van der Waals surface area contributed by atoms with E-state index in [-0.39, 0.29) is 23.2 Å². The maximum atomic E-state index is 12.6. The second-order valence-electron chi connectivity index (χ2n) is 6.51. The van der Waals surface area contributed by atoms with Gasteiger partial charge < -0.3 is 10.6 Å². The normalized spacial score (nSPS) is 11.9. The van der Waals surface area contributed by atoms with Crippen LogP contribution in [0.15, 0.2) is 48.5 Å². The highest BCUT2D eigenvalue weighted by atomic mass is 16.6. The monoisotopic (exact) mass is 384 g/mol. The van der Waals surface area contributed by atoms with Gasteiger partial charge in [-0.05, 0) is 37.2 Å². The second kappa shape index (κ2) is 10.4. The topological polar surface area (TPSA) is 87.5 Å². The molecule has 0 heterocycles. The van der Waals surface area contributed by atoms with E-state index in [2.05, 4.69) is 41.5 Å². The SMILES string of the molecule is CCN(CC)C(CNC(=O)c1ccc(NC)c([N+](=O)[O-])c1)Cc1ccccc1. The first-order valence-corrected chi connectivity index (χ1v) is 9.52. The van der Waals surface area contributed by atoms with Gasteiger partial charge in [-0.2, -0.15) is 0 Å². The fourth-order valence-corrected chi connectivity index (χ4v) is 3.30. The molecule has 0 bridgehead atoms. The Kier molecular flexibility index (Phi) is 7.95. The summed E-state index contributed by atoms with van der Waals surface area (Å²) in [5.74, 6) is -0.309. The molecular formula is C21H28N4O3. The summed E-state index contributed by atoms with van der Waals surface area (Å²) in [4.78, 5) is 25.6. The van der Waals surface area contributed by atoms with Crippen LogP contribution in [0.25, 0.3) is 0 Å². The van der Waals surface area contributed by atoms with Crippen LogP contribution < -0.4 is 10.6 Å². The summed E-state index contributed by atoms with van der Waals surface area (Å²) < 4.78 is 0. The maximum absolute atomic E-state index is 12.6. The molecule has 0 aliphatic heterocycles. The Hall–Kier alpha value is -2.93. The average molecular weight is 384 g/mol. The number of benzene rings is 2. The van der Waals surface area contributed by atoms with Crippen molar-refractivity contribution in [3.05, 3.63) is 69.8 Å². The molecule has 2 N–H and O–H groups in total. The summed E-state index contributed by atoms with van der Waals surface area (Å²) in [6.07, 6.45) is 0.821. The van der Waals surface area contributed by atoms with Crippen molar-refractivity contribution in [3.8, 4) is 0 Å². The van der Waals surface area contributed by atoms with Crippen molar-refractivity contribution < 1.29 is 9.72 Å². The molecule has 2 rings (SSSR count). The van der Waals surface area contributed by atoms with Crippen LogP contribution in [0.1, 0.15) is 29.8 Å². The minimum absolute atomic E-state index is 0.111. The Balaban J connectivity index is 2.12. The highest BCUT2D eigenvalue weighted by Crippen LogP contribution is 2.25. The number of nitro benzene ring substituents is 1. The van der Waals surface area contributed by atoms with E-state index in [0.717, 1.165) is 19.5 Å². The van der Waals surface area contributed by atoms with E-state index >= 15 is 0 Å². The fourth-order valence-electron chi connectivity index (χ4n) is 3.30. The molecule has 0 radical (unpaired) electrons. The summed E-state index contributed by atoms with van der Waals surface area (Å²) >= 11 is 0. The number of nitro groups is 1. The first kappa shape index (κ1) is 21.4. The quantitative estimate of drug-likeness (QED) is 0.485. The fraction of sp³-hybridized carbons (Fsp3) is 0.381. The molecule has 28 heavy (non-hydrogen) atoms. The highest BCUT2D eigenvalue weighted by molar-refractivity contribution is 5.95. The van der Waals surface area contributed by atoms with Gasteiger partial charge in [0, 0.05) is 31.3 Å². The summed E-state index contributed by atoms with van der Waals surface area (Å²) in [7, 11) is 1.61. The maximum Gasteiger partial charge on any atom is 0.293 e. The molecule has 2 aromatic carbocycles. The van der Waals surface area contributed by atoms with Gasteiger partial charge in [0.1, 0.15) is 5.69 Å². The van der Waals surface area contributed by atoms with Gasteiger partial charge in [0.25, 0.3) is 11.6 Å². The number of amides is 1. The Morgan fingerprint density at radius 3 is 2.39 bits per heavy atom. The van der Waals surface area contributed by atoms with Gasteiger partial charge in [-0.1, -0.05) is 44.2 Å². The first-order chi connectivity index (χ1) is 13.5. The molecule has 0 aromatic heterocycles. The zero-order valence-corrected chi connectivity index (χ0v) is 16.6. The van der Waals surface area contributed by atoms with Crippen molar-refractivity contribution in [3.63, 3.8) is 0 Å². The molecular weight excluding hydrogens is 356 g/mol. The third-order valence-electron chi connectivity index (χ3n) is 4.87. The lowest BCUT2D eigenvalue weighted by Crippen LogP contribution is -2.45. The van der Waals surface area contributed by atoms with Crippen LogP contribution in [-0.4, -0.2) is 48.5 Å². The van der Waals surface area contributed by atoms with Crippen LogP contribution >= 0.6 is 0 Å². The molecule has 7 nitrogen and oxygen atoms in total. The van der Waals surface area contributed by atoms with E-state index in [1.807, 2.05) is 18.2 Å². The van der Waals surface area contributed by atoms with E-state index in [1.165, 1.54) is 11.6 Å². The number of rotatable bonds is 10. The van der Waals surface area contributed by atoms with Gasteiger partial charge in [-0.15, -0.1) is 0 Å². The Labute approximate surface area is 165 Å². The number of nitrogens with zero attached hydrogens (tertiary/aromatic N) is 2. The first-order valence-electron chi connectivity index (χ1n) is 9.52. The van der Waals surface area contributed by atoms with E-state index in [1.54, 1.807) is 19.2 Å². The highest BCUT2D eigenvalue weighted by Gasteiger charge is 2.20. The molecule has 1 amide bonds. The van der Waals surface area contributed by atoms with Gasteiger partial charge in [0.05, 0.1) is 4.92 Å². The van der Waals surface area contributed by atoms with Gasteiger partial charge in [-0.3, -0.25) is 19.8 Å². The smallest absolute Gasteiger partial charge is 0.293 e. The zero-order chi connectivity index (χ0) is 20.5. The lowest BCUT2D eigenvalue weighted by atomic mass is 10.0. The van der Waals surface area contributed by atoms with Crippen molar-refractivity contribution in [2.75, 3.05) is 32.0 Å². The van der Waals surface area contributed by atoms with Crippen LogP contribution in [0.2, 0.25) is 0 Å². The number of carbonyl (C=O) groups is 1. The molecule has 150 valence electrons. The third-order valence-corrected chi connectivity index (χ3v) is 4.87. The lowest BCUT2D eigenvalue weighted by molar-refractivity contribution is -0.384. The van der Waals surface area contributed by atoms with Crippen LogP contribution in [0.5, 0.6) is 0 Å². The van der Waals surface area contributed by atoms with E-state index < -0.39 is 4.92 Å². The Morgan fingerprint density at radius 1 is 1.14 bits per heavy atom. The molecule has 0 aliphatic carbocycles. The average Bonchev–Trinajstić information content (AvgIpc) is 2.72. The Bertz CT molecular complexity index is 791. The summed E-state index contributed by atoms with van der Waals surface area (Å²) in [5, 5.41) is 16.9. The van der Waals surface area contributed by atoms with Crippen molar-refractivity contribution in [2.24, 2.45) is 0 Å². The predicted octanol–water partition coefficient (Wildman–Crippen LogP) is 3.32. The summed E-state index contributed by atoms with van der Waals surface area (Å²) in [5.41, 5.74) is 1.76. The number of hydrogen-bond donors (Lipinski definition) is 2. The third kappa shape index (κ3) is 5.53. The van der Waals surface area contributed by atoms with Gasteiger partial charge in [0.2, 0.25) is 0 Å². The Morgan fingerprint density at radius 2 is 1.82 bits per heavy atom. The van der Waals surface area contributed by atoms with Crippen LogP contribution in [0.3, 0.4) is 0 Å². The van der Waals surface area contributed by atoms with Crippen molar-refractivity contribution >= 4 is 17.3 Å². The molecule has 7 heteroatoms. The number of carbonyl (C=O) groups excluding carboxylic acids is 1. The van der Waals surface area contributed by atoms with Crippen molar-refractivity contribution in [2.45, 2.75) is 26.3 Å². The molecule has 0 fully saturated rings. The molecule has 2 aromatic rings. The largest absolute Gasteiger partial charge is 0.383 e. The lowest BCUT2D eigenvalue weighted by Gasteiger charge is -2.30. The van der Waals surface area contributed by atoms with Crippen LogP contribution in [0, 0.1) is 10.1 Å². The minimum atomic E-state index is -0.489. The standard InChI is InChI=1S/C21H28N4O3/c1-4-24(5-2)18(13-16-9-7-6-8-10-16)15-23-21(26)17-11-12-19(22-3)20(14-17)25(27)28/h6-12,14,18,22H,4-5,13,15H2,1-3H3,(H,23,26). The number of nitrogens with one attached hydrogen (secondary N) is 2. The van der Waals surface area contributed by atoms with Gasteiger partial charge in [0.15, 0.2) is 0 Å². The van der Waals surface area contributed by atoms with E-state index in [4.69, 9.17) is 0 Å². The van der Waals surface area contributed by atoms with Gasteiger partial charge in [-0.25, -0.2) is 0 Å². The molecule has 0 saturated carbocycles. The molecule has 0 saturated heterocycles. The second-order valence-corrected chi connectivity index (χ2v) is 6.51. The van der Waals surface area contributed by atoms with E-state index in [9.17, 15) is 14.9 Å². The molecule has 0 aliphatic rings. The van der Waals surface area contributed by atoms with E-state index in [0.29, 0.717) is 12.2 Å². The van der Waals surface area contributed by atoms with Crippen LogP contribution in [0.4, 0.5) is 11.4 Å². The zero-order valence-electron chi connectivity index (χ0n) is 16.6. The molecule has 0 spiro atoms.